The highest BCUT2D eigenvalue weighted by atomic mass is 16.5. The van der Waals surface area contributed by atoms with E-state index in [2.05, 4.69) is 10.6 Å². The van der Waals surface area contributed by atoms with Crippen molar-refractivity contribution in [3.8, 4) is 6.07 Å². The number of hydrogen-bond acceptors (Lipinski definition) is 4. The van der Waals surface area contributed by atoms with E-state index in [1.165, 1.54) is 0 Å². The highest BCUT2D eigenvalue weighted by Crippen LogP contribution is 2.04. The Kier molecular flexibility index (Phi) is 4.97. The average Bonchev–Trinajstić information content (AvgIpc) is 2.25. The molecule has 0 aliphatic carbocycles. The van der Waals surface area contributed by atoms with E-state index >= 15 is 0 Å². The summed E-state index contributed by atoms with van der Waals surface area (Å²) in [7, 11) is 0. The number of carbonyl (C=O) groups is 1. The predicted molar refractivity (Wildman–Crippen MR) is 50.5 cm³/mol. The van der Waals surface area contributed by atoms with Gasteiger partial charge in [-0.25, -0.2) is 0 Å². The van der Waals surface area contributed by atoms with E-state index in [9.17, 15) is 4.79 Å². The predicted octanol–water partition coefficient (Wildman–Crippen LogP) is -0.605. The van der Waals surface area contributed by atoms with Gasteiger partial charge in [-0.05, 0) is 12.8 Å². The standard InChI is InChI=1S/C9H15N3O2/c10-3-4-11-9(13)6-12-8-2-1-5-14-7-8/h8,12H,1-2,4-7H2,(H,11,13). The number of carbonyl (C=O) groups excluding carboxylic acids is 1. The van der Waals surface area contributed by atoms with Gasteiger partial charge in [0.25, 0.3) is 0 Å². The van der Waals surface area contributed by atoms with Gasteiger partial charge < -0.3 is 15.4 Å². The number of ether oxygens (including phenoxy) is 1. The van der Waals surface area contributed by atoms with Gasteiger partial charge in [-0.3, -0.25) is 4.79 Å². The number of amides is 1. The van der Waals surface area contributed by atoms with Crippen LogP contribution in [-0.2, 0) is 9.53 Å². The molecule has 0 aromatic rings. The molecule has 1 fully saturated rings. The number of nitrogens with zero attached hydrogens (tertiary/aromatic N) is 1. The Labute approximate surface area is 83.4 Å². The highest BCUT2D eigenvalue weighted by Gasteiger charge is 2.13. The maximum atomic E-state index is 11.1. The lowest BCUT2D eigenvalue weighted by Gasteiger charge is -2.22. The highest BCUT2D eigenvalue weighted by molar-refractivity contribution is 5.78. The SMILES string of the molecule is N#CCNC(=O)CNC1CCCOC1. The maximum Gasteiger partial charge on any atom is 0.234 e. The van der Waals surface area contributed by atoms with Crippen molar-refractivity contribution in [1.82, 2.24) is 10.6 Å². The lowest BCUT2D eigenvalue weighted by Crippen LogP contribution is -2.42. The first-order chi connectivity index (χ1) is 6.83. The van der Waals surface area contributed by atoms with Gasteiger partial charge in [-0.15, -0.1) is 0 Å². The van der Waals surface area contributed by atoms with Crippen LogP contribution in [0.2, 0.25) is 0 Å². The zero-order valence-corrected chi connectivity index (χ0v) is 8.08. The Morgan fingerprint density at radius 2 is 2.50 bits per heavy atom. The Morgan fingerprint density at radius 1 is 1.64 bits per heavy atom. The molecule has 14 heavy (non-hydrogen) atoms. The van der Waals surface area contributed by atoms with E-state index in [1.807, 2.05) is 6.07 Å². The molecule has 1 rings (SSSR count). The molecule has 5 heteroatoms. The molecule has 0 radical (unpaired) electrons. The minimum atomic E-state index is -0.142. The van der Waals surface area contributed by atoms with Crippen molar-refractivity contribution in [1.29, 1.82) is 5.26 Å². The summed E-state index contributed by atoms with van der Waals surface area (Å²) in [6.45, 7) is 1.82. The van der Waals surface area contributed by atoms with Crippen molar-refractivity contribution in [2.24, 2.45) is 0 Å². The molecule has 1 saturated heterocycles. The van der Waals surface area contributed by atoms with Crippen molar-refractivity contribution in [2.45, 2.75) is 18.9 Å². The first kappa shape index (κ1) is 11.0. The summed E-state index contributed by atoms with van der Waals surface area (Å²) in [6.07, 6.45) is 2.09. The first-order valence-corrected chi connectivity index (χ1v) is 4.77. The van der Waals surface area contributed by atoms with Crippen LogP contribution in [0.15, 0.2) is 0 Å². The van der Waals surface area contributed by atoms with Crippen LogP contribution in [-0.4, -0.2) is 38.3 Å². The molecule has 0 bridgehead atoms. The molecule has 0 spiro atoms. The van der Waals surface area contributed by atoms with E-state index in [-0.39, 0.29) is 25.0 Å². The topological polar surface area (TPSA) is 74.2 Å². The summed E-state index contributed by atoms with van der Waals surface area (Å²) in [4.78, 5) is 11.1. The second-order valence-corrected chi connectivity index (χ2v) is 3.23. The number of nitrogens with one attached hydrogen (secondary N) is 2. The molecule has 5 nitrogen and oxygen atoms in total. The van der Waals surface area contributed by atoms with Crippen molar-refractivity contribution in [3.63, 3.8) is 0 Å². The van der Waals surface area contributed by atoms with Gasteiger partial charge in [0.2, 0.25) is 5.91 Å². The van der Waals surface area contributed by atoms with Gasteiger partial charge in [0, 0.05) is 12.6 Å². The Morgan fingerprint density at radius 3 is 3.14 bits per heavy atom. The minimum Gasteiger partial charge on any atom is -0.380 e. The summed E-state index contributed by atoms with van der Waals surface area (Å²) in [5.41, 5.74) is 0. The molecule has 78 valence electrons. The first-order valence-electron chi connectivity index (χ1n) is 4.77. The normalized spacial score (nSPS) is 21.2. The third-order valence-electron chi connectivity index (χ3n) is 2.08. The Bertz CT molecular complexity index is 219. The number of rotatable bonds is 4. The molecule has 2 N–H and O–H groups in total. The fraction of sp³-hybridized carbons (Fsp3) is 0.778. The minimum absolute atomic E-state index is 0.0711. The third kappa shape index (κ3) is 4.21. The van der Waals surface area contributed by atoms with E-state index in [4.69, 9.17) is 10.00 Å². The molecule has 0 saturated carbocycles. The second kappa shape index (κ2) is 6.35. The fourth-order valence-electron chi connectivity index (χ4n) is 1.34. The van der Waals surface area contributed by atoms with Crippen LogP contribution < -0.4 is 10.6 Å². The van der Waals surface area contributed by atoms with Crippen LogP contribution in [0.4, 0.5) is 0 Å². The Hall–Kier alpha value is -1.12. The zero-order chi connectivity index (χ0) is 10.2. The van der Waals surface area contributed by atoms with E-state index in [0.29, 0.717) is 6.61 Å². The van der Waals surface area contributed by atoms with Crippen molar-refractivity contribution >= 4 is 5.91 Å². The smallest absolute Gasteiger partial charge is 0.234 e. The summed E-state index contributed by atoms with van der Waals surface area (Å²) in [5.74, 6) is -0.142. The third-order valence-corrected chi connectivity index (χ3v) is 2.08. The molecule has 0 aromatic carbocycles. The van der Waals surface area contributed by atoms with Gasteiger partial charge in [-0.2, -0.15) is 5.26 Å². The molecular weight excluding hydrogens is 182 g/mol. The molecule has 1 heterocycles. The van der Waals surface area contributed by atoms with Crippen LogP contribution in [0, 0.1) is 11.3 Å². The van der Waals surface area contributed by atoms with Crippen molar-refractivity contribution < 1.29 is 9.53 Å². The molecule has 0 aromatic heterocycles. The van der Waals surface area contributed by atoms with Gasteiger partial charge in [0.15, 0.2) is 0 Å². The molecule has 1 amide bonds. The number of hydrogen-bond donors (Lipinski definition) is 2. The van der Waals surface area contributed by atoms with Gasteiger partial charge in [-0.1, -0.05) is 0 Å². The largest absolute Gasteiger partial charge is 0.380 e. The van der Waals surface area contributed by atoms with Gasteiger partial charge in [0.05, 0.1) is 19.2 Å². The Balaban J connectivity index is 2.07. The number of nitriles is 1. The van der Waals surface area contributed by atoms with E-state index < -0.39 is 0 Å². The van der Waals surface area contributed by atoms with Crippen molar-refractivity contribution in [3.05, 3.63) is 0 Å². The van der Waals surface area contributed by atoms with E-state index in [0.717, 1.165) is 19.4 Å². The van der Waals surface area contributed by atoms with Gasteiger partial charge >= 0.3 is 0 Å². The van der Waals surface area contributed by atoms with Crippen LogP contribution in [0.25, 0.3) is 0 Å². The molecular formula is C9H15N3O2. The summed E-state index contributed by atoms with van der Waals surface area (Å²) < 4.78 is 5.25. The maximum absolute atomic E-state index is 11.1. The van der Waals surface area contributed by atoms with E-state index in [1.54, 1.807) is 0 Å². The summed E-state index contributed by atoms with van der Waals surface area (Å²) in [6, 6.07) is 2.13. The van der Waals surface area contributed by atoms with Crippen LogP contribution in [0.5, 0.6) is 0 Å². The quantitative estimate of drug-likeness (QED) is 0.590. The molecule has 1 atom stereocenters. The zero-order valence-electron chi connectivity index (χ0n) is 8.08. The van der Waals surface area contributed by atoms with Crippen LogP contribution in [0.3, 0.4) is 0 Å². The van der Waals surface area contributed by atoms with Gasteiger partial charge in [0.1, 0.15) is 6.54 Å². The summed E-state index contributed by atoms with van der Waals surface area (Å²) >= 11 is 0. The molecule has 1 aliphatic heterocycles. The molecule has 1 aliphatic rings. The second-order valence-electron chi connectivity index (χ2n) is 3.23. The van der Waals surface area contributed by atoms with Crippen LogP contribution in [0.1, 0.15) is 12.8 Å². The average molecular weight is 197 g/mol. The summed E-state index contributed by atoms with van der Waals surface area (Å²) in [5, 5.41) is 13.8. The molecule has 1 unspecified atom stereocenters. The van der Waals surface area contributed by atoms with Crippen LogP contribution >= 0.6 is 0 Å². The van der Waals surface area contributed by atoms with Crippen molar-refractivity contribution in [2.75, 3.05) is 26.3 Å². The monoisotopic (exact) mass is 197 g/mol. The lowest BCUT2D eigenvalue weighted by atomic mass is 10.1. The lowest BCUT2D eigenvalue weighted by molar-refractivity contribution is -0.120. The fourth-order valence-corrected chi connectivity index (χ4v) is 1.34.